The van der Waals surface area contributed by atoms with Crippen LogP contribution in [-0.4, -0.2) is 387 Å². The van der Waals surface area contributed by atoms with Gasteiger partial charge in [0.15, 0.2) is 0 Å². The van der Waals surface area contributed by atoms with E-state index in [1.54, 1.807) is 0 Å². The van der Waals surface area contributed by atoms with Gasteiger partial charge in [-0.05, 0) is 117 Å². The number of hydrogen-bond acceptors (Lipinski definition) is 56. The van der Waals surface area contributed by atoms with E-state index in [0.29, 0.717) is 117 Å². The van der Waals surface area contributed by atoms with Crippen molar-refractivity contribution in [2.75, 3.05) is 229 Å². The predicted molar refractivity (Wildman–Crippen MR) is 505 cm³/mol. The van der Waals surface area contributed by atoms with Crippen molar-refractivity contribution in [2.24, 2.45) is 11.5 Å². The molecule has 8 heterocycles. The van der Waals surface area contributed by atoms with Crippen LogP contribution in [0.1, 0.15) is 141 Å². The van der Waals surface area contributed by atoms with E-state index in [1.165, 1.54) is 0 Å². The first-order chi connectivity index (χ1) is 69.5. The summed E-state index contributed by atoms with van der Waals surface area (Å²) in [5.74, 6) is 0. The quantitative estimate of drug-likeness (QED) is 0.0307. The summed E-state index contributed by atoms with van der Waals surface area (Å²) in [6.07, 6.45) is 3.58. The van der Waals surface area contributed by atoms with E-state index in [4.69, 9.17) is 138 Å². The zero-order valence-corrected chi connectivity index (χ0v) is 95.0. The lowest BCUT2D eigenvalue weighted by Crippen LogP contribution is -2.30. The molecule has 8 saturated heterocycles. The number of aliphatic hydroxyl groups excluding tert-OH is 4. The van der Waals surface area contributed by atoms with Gasteiger partial charge in [0.05, 0.1) is 104 Å². The number of phosphoric ester groups is 12. The van der Waals surface area contributed by atoms with Gasteiger partial charge in [0.2, 0.25) is 0 Å². The highest BCUT2D eigenvalue weighted by Crippen LogP contribution is 2.53. The largest absolute Gasteiger partial charge is 0.756 e. The minimum Gasteiger partial charge on any atom is -0.756 e. The maximum absolute atomic E-state index is 11.9. The Bertz CT molecular complexity index is 4000. The van der Waals surface area contributed by atoms with Gasteiger partial charge < -0.3 is 175 Å². The zero-order chi connectivity index (χ0) is 112. The second-order valence-corrected chi connectivity index (χ2v) is 49.6. The van der Waals surface area contributed by atoms with Crippen LogP contribution < -0.4 is 41.7 Å². The first kappa shape index (κ1) is 147. The van der Waals surface area contributed by atoms with Crippen LogP contribution in [0.15, 0.2) is 0 Å². The summed E-state index contributed by atoms with van der Waals surface area (Å²) in [7, 11) is -38.2. The Labute approximate surface area is 860 Å². The van der Waals surface area contributed by atoms with Gasteiger partial charge in [0, 0.05) is 148 Å². The normalized spacial score (nSPS) is 28.6. The Balaban J connectivity index is 0.000000858. The molecule has 888 valence electrons. The van der Waals surface area contributed by atoms with Crippen molar-refractivity contribution < 1.29 is 280 Å². The Kier molecular flexibility index (Phi) is 78.2. The molecule has 8 aliphatic heterocycles. The van der Waals surface area contributed by atoms with Crippen LogP contribution in [0, 0.1) is 0 Å². The van der Waals surface area contributed by atoms with Gasteiger partial charge in [0.25, 0.3) is 31.3 Å². The molecular formula is C72H156N4O60P12-4. The van der Waals surface area contributed by atoms with E-state index in [1.807, 2.05) is 14.1 Å². The smallest absolute Gasteiger partial charge is 0.472 e. The van der Waals surface area contributed by atoms with Crippen molar-refractivity contribution in [3.8, 4) is 0 Å². The summed E-state index contributed by atoms with van der Waals surface area (Å²) in [5, 5.41) is 42.1. The first-order valence-electron chi connectivity index (χ1n) is 46.5. The Morgan fingerprint density at radius 2 is 0.453 bits per heavy atom. The van der Waals surface area contributed by atoms with Crippen molar-refractivity contribution in [3.05, 3.63) is 0 Å². The van der Waals surface area contributed by atoms with E-state index < -0.39 is 192 Å². The molecule has 0 aromatic carbocycles. The molecule has 8 rings (SSSR count). The third-order valence-corrected chi connectivity index (χ3v) is 32.5. The zero-order valence-electron chi connectivity index (χ0n) is 84.2. The van der Waals surface area contributed by atoms with Gasteiger partial charge in [-0.25, -0.2) is 36.5 Å². The van der Waals surface area contributed by atoms with Crippen molar-refractivity contribution in [1.29, 1.82) is 0 Å². The SMILES string of the molecule is CNCCCCCCOP(=O)([O-])O[C@H]1CCO[C@@H]1COP(=O)(O)OC.CNCCCCCOP(=O)([O-])OC[C@H]1OCC[C@H]1OP(=O)(O)OC.COP(=O)(O)OC[C@H]1OCC[C@@H]1O.COP(=O)(O)OC[C@H]1OCC[C@@H]1O.COP(=O)(O)OC[C@H]1OCC[C@@H]1OP(=O)([O-])OCCCCCCN.COP(=O)(O)O[C@@H]1CCO[C@@H]1CO.COP(=O)(O)O[C@@H]1CCO[C@@H]1CO.COP(=O)(O)O[C@@H]1CCO[C@@H]1COP(=O)([O-])OCCCCCN. The van der Waals surface area contributed by atoms with E-state index in [9.17, 15) is 104 Å². The molecule has 0 saturated carbocycles. The number of nitrogens with one attached hydrogen (secondary N) is 2. The van der Waals surface area contributed by atoms with Crippen molar-refractivity contribution in [1.82, 2.24) is 10.6 Å². The predicted octanol–water partition coefficient (Wildman–Crippen LogP) is 3.05. The third kappa shape index (κ3) is 70.1. The van der Waals surface area contributed by atoms with E-state index in [-0.39, 0.29) is 106 Å². The fourth-order valence-corrected chi connectivity index (χ4v) is 20.6. The molecule has 0 bridgehead atoms. The molecule has 0 aliphatic carbocycles. The number of nitrogens with two attached hydrogens (primary N) is 2. The lowest BCUT2D eigenvalue weighted by molar-refractivity contribution is -0.232. The highest BCUT2D eigenvalue weighted by atomic mass is 31.2. The molecule has 0 radical (unpaired) electrons. The van der Waals surface area contributed by atoms with Crippen LogP contribution in [0.5, 0.6) is 0 Å². The van der Waals surface area contributed by atoms with Gasteiger partial charge in [-0.3, -0.25) is 90.6 Å². The van der Waals surface area contributed by atoms with Crippen LogP contribution in [-0.2, 0) is 201 Å². The number of hydrogen-bond donors (Lipinski definition) is 16. The Hall–Kier alpha value is 0.680. The summed E-state index contributed by atoms with van der Waals surface area (Å²) in [6.45, 7) is 3.76. The molecule has 0 spiro atoms. The van der Waals surface area contributed by atoms with E-state index in [2.05, 4.69) is 60.4 Å². The van der Waals surface area contributed by atoms with Gasteiger partial charge in [-0.1, -0.05) is 25.7 Å². The Morgan fingerprint density at radius 3 is 0.689 bits per heavy atom. The molecule has 76 heteroatoms. The lowest BCUT2D eigenvalue weighted by Gasteiger charge is -2.28. The van der Waals surface area contributed by atoms with Crippen LogP contribution in [0.4, 0.5) is 0 Å². The molecule has 148 heavy (non-hydrogen) atoms. The van der Waals surface area contributed by atoms with Gasteiger partial charge in [0.1, 0.15) is 73.2 Å². The van der Waals surface area contributed by atoms with Crippen LogP contribution in [0.25, 0.3) is 0 Å². The monoisotopic (exact) mass is 2410 g/mol. The summed E-state index contributed by atoms with van der Waals surface area (Å²) in [4.78, 5) is 120. The van der Waals surface area contributed by atoms with Gasteiger partial charge >= 0.3 is 62.6 Å². The average molecular weight is 2410 g/mol. The minimum absolute atomic E-state index is 0.0156. The standard InChI is InChI=1S/C13H29NO9P2.2C12H27NO9P2.C11H25NO9P2.4C6H13O6P/c1-14-8-5-3-4-6-9-21-25(17,18)23-12-7-10-20-13(12)11-22-24(15,16)19-2;1-13-7-4-3-5-8-20-24(16,17)21-10-12-11(6-9-19-12)22-23(14,15)18-2;1-18-23(14,15)21-10-12-11(6-9-19-12)22-24(16,17)20-8-5-3-2-4-7-13;1-17-22(13,14)21-10-5-8-18-11(10)9-20-23(15,16)19-7-4-2-3-6-12;2*1-10-13(8,9)12-4-6-5(7)2-3-11-6;2*1-10-13(8,9)12-5-2-3-11-6(5)4-7/h12-14H,3-11H2,1-2H3,(H,15,16)(H,17,18);11-13H,3-10H2,1-2H3,(H,14,15)(H,16,17);11-12H,2-10,13H2,1H3,(H,14,15)(H,16,17);10-11H,2-9,12H2,1H3,(H,13,14)(H,15,16);4*5-7H,2-4H2,1H3,(H,8,9)/p-4/t12-,13+;11-,12-;11-,12+;10-,11-;2*5-,6+;2*5-,6-/m01010011/s1. The number of unbranched alkanes of at least 4 members (excludes halogenated alkanes) is 10. The van der Waals surface area contributed by atoms with E-state index in [0.717, 1.165) is 134 Å². The molecule has 18 N–H and O–H groups in total. The second-order valence-electron chi connectivity index (χ2n) is 31.8. The maximum atomic E-state index is 11.9. The van der Waals surface area contributed by atoms with Crippen molar-refractivity contribution >= 4 is 93.9 Å². The van der Waals surface area contributed by atoms with Crippen molar-refractivity contribution in [2.45, 2.75) is 239 Å². The number of ether oxygens (including phenoxy) is 8. The third-order valence-electron chi connectivity index (χ3n) is 20.8. The fraction of sp³-hybridized carbons (Fsp3) is 1.00. The molecule has 0 aromatic rings. The fourth-order valence-electron chi connectivity index (χ4n) is 12.7. The minimum atomic E-state index is -4.48. The molecule has 28 atom stereocenters. The Morgan fingerprint density at radius 1 is 0.257 bits per heavy atom. The molecule has 64 nitrogen and oxygen atoms in total. The highest BCUT2D eigenvalue weighted by Gasteiger charge is 2.43. The molecule has 12 unspecified atom stereocenters. The van der Waals surface area contributed by atoms with Gasteiger partial charge in [-0.15, -0.1) is 0 Å². The second kappa shape index (κ2) is 78.9. The maximum Gasteiger partial charge on any atom is 0.472 e. The first-order valence-corrected chi connectivity index (χ1v) is 64.3. The van der Waals surface area contributed by atoms with Crippen LogP contribution in [0.3, 0.4) is 0 Å². The van der Waals surface area contributed by atoms with Crippen LogP contribution >= 0.6 is 93.9 Å². The molecule has 8 fully saturated rings. The summed E-state index contributed by atoms with van der Waals surface area (Å²) in [5.41, 5.74) is 10.7. The van der Waals surface area contributed by atoms with Crippen LogP contribution in [0.2, 0.25) is 0 Å². The average Bonchev–Trinajstić information content (AvgIpc) is 1.73. The molecule has 0 aromatic heterocycles. The molecule has 8 aliphatic rings. The van der Waals surface area contributed by atoms with Crippen molar-refractivity contribution in [3.63, 3.8) is 0 Å². The molecular weight excluding hydrogens is 2250 g/mol. The summed E-state index contributed by atoms with van der Waals surface area (Å²) < 4.78 is 287. The summed E-state index contributed by atoms with van der Waals surface area (Å²) in [6, 6.07) is 0. The molecule has 0 amide bonds. The lowest BCUT2D eigenvalue weighted by atomic mass is 10.2. The topological polar surface area (TPSA) is 911 Å². The highest BCUT2D eigenvalue weighted by molar-refractivity contribution is 7.49. The number of rotatable bonds is 68. The number of aliphatic hydroxyl groups is 4. The van der Waals surface area contributed by atoms with Gasteiger partial charge in [-0.2, -0.15) is 0 Å². The number of phosphoric acid groups is 12. The van der Waals surface area contributed by atoms with E-state index >= 15 is 0 Å². The summed E-state index contributed by atoms with van der Waals surface area (Å²) >= 11 is 0.